The van der Waals surface area contributed by atoms with Crippen molar-refractivity contribution < 1.29 is 23.9 Å². The zero-order valence-corrected chi connectivity index (χ0v) is 14.7. The summed E-state index contributed by atoms with van der Waals surface area (Å²) in [5, 5.41) is 5.08. The van der Waals surface area contributed by atoms with E-state index in [1.54, 1.807) is 24.3 Å². The molecule has 7 nitrogen and oxygen atoms in total. The first-order valence-corrected chi connectivity index (χ1v) is 8.04. The lowest BCUT2D eigenvalue weighted by atomic mass is 10.1. The zero-order chi connectivity index (χ0) is 20.4. The second-order valence-corrected chi connectivity index (χ2v) is 5.23. The van der Waals surface area contributed by atoms with Gasteiger partial charge in [0.15, 0.2) is 13.2 Å². The van der Waals surface area contributed by atoms with Crippen LogP contribution in [-0.4, -0.2) is 31.2 Å². The summed E-state index contributed by atoms with van der Waals surface area (Å²) in [7, 11) is 0. The smallest absolute Gasteiger partial charge is 0.341 e. The number of hydrogen-bond donors (Lipinski definition) is 2. The number of nitrogens with one attached hydrogen (secondary N) is 2. The number of ether oxygens (including phenoxy) is 2. The standard InChI is InChI=1S/C21H16N2O5/c1-3-13-27-19(24)15-9-5-7-11-17(15)22-21(26)23-18-12-8-6-10-16(18)20(25)28-14-4-2/h1-2,5-12H,13-14H2,(H2,22,23,26). The summed E-state index contributed by atoms with van der Waals surface area (Å²) in [6, 6.07) is 11.9. The normalized spacial score (nSPS) is 9.36. The number of carbonyl (C=O) groups excluding carboxylic acids is 3. The molecule has 140 valence electrons. The van der Waals surface area contributed by atoms with E-state index < -0.39 is 18.0 Å². The van der Waals surface area contributed by atoms with Gasteiger partial charge in [0.05, 0.1) is 22.5 Å². The number of benzene rings is 2. The summed E-state index contributed by atoms with van der Waals surface area (Å²) in [5.41, 5.74) is 0.702. The fourth-order valence-corrected chi connectivity index (χ4v) is 2.19. The third-order valence-electron chi connectivity index (χ3n) is 3.36. The maximum Gasteiger partial charge on any atom is 0.341 e. The summed E-state index contributed by atoms with van der Waals surface area (Å²) < 4.78 is 9.76. The number of para-hydroxylation sites is 2. The summed E-state index contributed by atoms with van der Waals surface area (Å²) in [6.45, 7) is -0.376. The molecule has 0 unspecified atom stereocenters. The van der Waals surface area contributed by atoms with Gasteiger partial charge in [-0.3, -0.25) is 0 Å². The molecule has 0 saturated heterocycles. The number of rotatable bonds is 6. The molecule has 2 rings (SSSR count). The van der Waals surface area contributed by atoms with Crippen LogP contribution >= 0.6 is 0 Å². The molecule has 0 spiro atoms. The van der Waals surface area contributed by atoms with Crippen LogP contribution in [0.25, 0.3) is 0 Å². The number of carbonyl (C=O) groups is 3. The van der Waals surface area contributed by atoms with E-state index in [4.69, 9.17) is 22.3 Å². The van der Waals surface area contributed by atoms with E-state index in [0.29, 0.717) is 0 Å². The first-order chi connectivity index (χ1) is 13.6. The van der Waals surface area contributed by atoms with E-state index in [0.717, 1.165) is 0 Å². The Morgan fingerprint density at radius 3 is 1.54 bits per heavy atom. The highest BCUT2D eigenvalue weighted by atomic mass is 16.5. The van der Waals surface area contributed by atoms with E-state index >= 15 is 0 Å². The van der Waals surface area contributed by atoms with Crippen LogP contribution in [0.5, 0.6) is 0 Å². The van der Waals surface area contributed by atoms with Gasteiger partial charge in [-0.25, -0.2) is 14.4 Å². The molecule has 0 bridgehead atoms. The van der Waals surface area contributed by atoms with Gasteiger partial charge < -0.3 is 20.1 Å². The van der Waals surface area contributed by atoms with Crippen LogP contribution in [0.1, 0.15) is 20.7 Å². The number of esters is 2. The van der Waals surface area contributed by atoms with Crippen LogP contribution in [0.4, 0.5) is 16.2 Å². The average Bonchev–Trinajstić information content (AvgIpc) is 2.71. The monoisotopic (exact) mass is 376 g/mol. The summed E-state index contributed by atoms with van der Waals surface area (Å²) in [4.78, 5) is 36.5. The lowest BCUT2D eigenvalue weighted by molar-refractivity contribution is 0.0548. The molecule has 0 fully saturated rings. The summed E-state index contributed by atoms with van der Waals surface area (Å²) >= 11 is 0. The van der Waals surface area contributed by atoms with E-state index in [1.165, 1.54) is 24.3 Å². The predicted octanol–water partition coefficient (Wildman–Crippen LogP) is 2.91. The number of terminal acetylenes is 2. The molecule has 0 radical (unpaired) electrons. The van der Waals surface area contributed by atoms with Crippen molar-refractivity contribution in [3.8, 4) is 24.7 Å². The Hall–Kier alpha value is -4.23. The van der Waals surface area contributed by atoms with Crippen LogP contribution in [0.15, 0.2) is 48.5 Å². The maximum atomic E-state index is 12.4. The molecule has 0 aliphatic heterocycles. The van der Waals surface area contributed by atoms with Gasteiger partial charge in [-0.05, 0) is 24.3 Å². The molecule has 0 aliphatic carbocycles. The quantitative estimate of drug-likeness (QED) is 0.597. The Labute approximate surface area is 162 Å². The van der Waals surface area contributed by atoms with Crippen LogP contribution < -0.4 is 10.6 Å². The molecule has 28 heavy (non-hydrogen) atoms. The van der Waals surface area contributed by atoms with Crippen molar-refractivity contribution in [2.24, 2.45) is 0 Å². The largest absolute Gasteiger partial charge is 0.449 e. The molecule has 0 atom stereocenters. The van der Waals surface area contributed by atoms with Gasteiger partial charge in [0.2, 0.25) is 0 Å². The lowest BCUT2D eigenvalue weighted by Gasteiger charge is -2.13. The molecule has 2 aromatic rings. The molecule has 0 aliphatic rings. The Kier molecular flexibility index (Phi) is 7.21. The Balaban J connectivity index is 2.14. The SMILES string of the molecule is C#CCOC(=O)c1ccccc1NC(=O)Nc1ccccc1C(=O)OCC#C. The van der Waals surface area contributed by atoms with E-state index in [1.807, 2.05) is 0 Å². The van der Waals surface area contributed by atoms with E-state index in [9.17, 15) is 14.4 Å². The topological polar surface area (TPSA) is 93.7 Å². The maximum absolute atomic E-state index is 12.4. The third-order valence-corrected chi connectivity index (χ3v) is 3.36. The minimum atomic E-state index is -0.674. The van der Waals surface area contributed by atoms with Gasteiger partial charge in [0.25, 0.3) is 0 Å². The van der Waals surface area contributed by atoms with Crippen LogP contribution in [0.3, 0.4) is 0 Å². The second-order valence-electron chi connectivity index (χ2n) is 5.23. The molecule has 7 heteroatoms. The Morgan fingerprint density at radius 1 is 0.750 bits per heavy atom. The van der Waals surface area contributed by atoms with Crippen LogP contribution in [0, 0.1) is 24.7 Å². The fourth-order valence-electron chi connectivity index (χ4n) is 2.19. The molecular formula is C21H16N2O5. The van der Waals surface area contributed by atoms with E-state index in [2.05, 4.69) is 22.5 Å². The number of hydrogen-bond acceptors (Lipinski definition) is 5. The molecule has 2 aromatic carbocycles. The lowest BCUT2D eigenvalue weighted by Crippen LogP contribution is -2.23. The van der Waals surface area contributed by atoms with Gasteiger partial charge in [0, 0.05) is 0 Å². The summed E-state index contributed by atoms with van der Waals surface area (Å²) in [5.74, 6) is 3.04. The van der Waals surface area contributed by atoms with Crippen LogP contribution in [0.2, 0.25) is 0 Å². The van der Waals surface area contributed by atoms with Crippen molar-refractivity contribution in [3.05, 3.63) is 59.7 Å². The van der Waals surface area contributed by atoms with Gasteiger partial charge >= 0.3 is 18.0 Å². The highest BCUT2D eigenvalue weighted by molar-refractivity contribution is 6.07. The number of amides is 2. The van der Waals surface area contributed by atoms with Crippen LogP contribution in [-0.2, 0) is 9.47 Å². The highest BCUT2D eigenvalue weighted by Gasteiger charge is 2.17. The fraction of sp³-hybridized carbons (Fsp3) is 0.0952. The van der Waals surface area contributed by atoms with Gasteiger partial charge in [-0.1, -0.05) is 36.1 Å². The van der Waals surface area contributed by atoms with Crippen molar-refractivity contribution >= 4 is 29.3 Å². The molecule has 0 saturated carbocycles. The van der Waals surface area contributed by atoms with Gasteiger partial charge in [0.1, 0.15) is 0 Å². The minimum Gasteiger partial charge on any atom is -0.449 e. The molecular weight excluding hydrogens is 360 g/mol. The minimum absolute atomic E-state index is 0.134. The molecule has 2 amide bonds. The molecule has 0 heterocycles. The van der Waals surface area contributed by atoms with E-state index in [-0.39, 0.29) is 35.7 Å². The number of urea groups is 1. The van der Waals surface area contributed by atoms with Crippen molar-refractivity contribution in [2.75, 3.05) is 23.8 Å². The van der Waals surface area contributed by atoms with Crippen molar-refractivity contribution in [2.45, 2.75) is 0 Å². The molecule has 2 N–H and O–H groups in total. The van der Waals surface area contributed by atoms with Gasteiger partial charge in [-0.15, -0.1) is 12.8 Å². The number of anilines is 2. The van der Waals surface area contributed by atoms with Crippen molar-refractivity contribution in [1.29, 1.82) is 0 Å². The van der Waals surface area contributed by atoms with Gasteiger partial charge in [-0.2, -0.15) is 0 Å². The Morgan fingerprint density at radius 2 is 1.14 bits per heavy atom. The first-order valence-electron chi connectivity index (χ1n) is 8.04. The predicted molar refractivity (Wildman–Crippen MR) is 104 cm³/mol. The Bertz CT molecular complexity index is 892. The highest BCUT2D eigenvalue weighted by Crippen LogP contribution is 2.19. The second kappa shape index (κ2) is 10.0. The third kappa shape index (κ3) is 5.38. The zero-order valence-electron chi connectivity index (χ0n) is 14.7. The average molecular weight is 376 g/mol. The van der Waals surface area contributed by atoms with Crippen molar-refractivity contribution in [3.63, 3.8) is 0 Å². The van der Waals surface area contributed by atoms with Crippen molar-refractivity contribution in [1.82, 2.24) is 0 Å². The summed E-state index contributed by atoms with van der Waals surface area (Å²) in [6.07, 6.45) is 10.1. The first kappa shape index (κ1) is 20.1. The molecule has 0 aromatic heterocycles.